The molecular weight excluding hydrogens is 252 g/mol. The van der Waals surface area contributed by atoms with E-state index < -0.39 is 0 Å². The number of hydrogen-bond acceptors (Lipinski definition) is 0. The van der Waals surface area contributed by atoms with Crippen LogP contribution in [0.1, 0.15) is 96.3 Å². The van der Waals surface area contributed by atoms with E-state index in [2.05, 4.69) is 36.5 Å². The Hall–Kier alpha value is -0.780. The highest BCUT2D eigenvalue weighted by molar-refractivity contribution is 4.93. The maximum Gasteiger partial charge on any atom is -0.0316 e. The Morgan fingerprint density at radius 2 is 0.333 bits per heavy atom. The van der Waals surface area contributed by atoms with Crippen LogP contribution >= 0.6 is 0 Å². The van der Waals surface area contributed by atoms with Gasteiger partial charge in [0.05, 0.1) is 0 Å². The summed E-state index contributed by atoms with van der Waals surface area (Å²) in [4.78, 5) is 0. The topological polar surface area (TPSA) is 0 Å². The third-order valence-corrected chi connectivity index (χ3v) is 3.06. The van der Waals surface area contributed by atoms with Crippen molar-refractivity contribution >= 4 is 0 Å². The molecule has 3 saturated carbocycles. The van der Waals surface area contributed by atoms with E-state index in [1.54, 1.807) is 0 Å². The average Bonchev–Trinajstić information content (AvgIpc) is 3.12. The first-order valence-corrected chi connectivity index (χ1v) is 9.45. The zero-order chi connectivity index (χ0) is 14.8. The first kappa shape index (κ1) is 18.3. The van der Waals surface area contributed by atoms with Crippen molar-refractivity contribution in [1.29, 1.82) is 0 Å². The molecule has 0 heteroatoms. The van der Waals surface area contributed by atoms with Crippen LogP contribution in [0.25, 0.3) is 0 Å². The van der Waals surface area contributed by atoms with Crippen molar-refractivity contribution in [3.63, 3.8) is 0 Å². The molecule has 0 spiro atoms. The average molecular weight is 289 g/mol. The monoisotopic (exact) mass is 288 g/mol. The van der Waals surface area contributed by atoms with Crippen LogP contribution in [0.15, 0.2) is 36.5 Å². The molecule has 6 rings (SSSR count). The zero-order valence-corrected chi connectivity index (χ0v) is 14.1. The van der Waals surface area contributed by atoms with Crippen molar-refractivity contribution in [2.75, 3.05) is 0 Å². The molecule has 0 radical (unpaired) electrons. The Balaban J connectivity index is 0.000000127. The number of allylic oxidation sites excluding steroid dienone is 6. The Labute approximate surface area is 133 Å². The van der Waals surface area contributed by atoms with Gasteiger partial charge >= 0.3 is 0 Å². The highest BCUT2D eigenvalue weighted by atomic mass is 14.0. The fourth-order valence-electron chi connectivity index (χ4n) is 0.500. The SMILES string of the molecule is C1=CCC1.C1=CCC1.C1=CCC1.C1CC1.C1CC1.C1CC1. The lowest BCUT2D eigenvalue weighted by molar-refractivity contribution is 0.962. The van der Waals surface area contributed by atoms with Crippen molar-refractivity contribution in [2.24, 2.45) is 0 Å². The number of rotatable bonds is 0. The fraction of sp³-hybridized carbons (Fsp3) is 0.714. The Kier molecular flexibility index (Phi) is 13.6. The van der Waals surface area contributed by atoms with Crippen molar-refractivity contribution in [2.45, 2.75) is 96.3 Å². The van der Waals surface area contributed by atoms with Crippen LogP contribution in [-0.2, 0) is 0 Å². The molecule has 0 aromatic heterocycles. The summed E-state index contributed by atoms with van der Waals surface area (Å²) in [6.07, 6.45) is 34.5. The Morgan fingerprint density at radius 1 is 0.238 bits per heavy atom. The van der Waals surface area contributed by atoms with E-state index in [1.807, 2.05) is 0 Å². The maximum atomic E-state index is 2.18. The molecule has 6 aliphatic rings. The standard InChI is InChI=1S/3C4H6.3C3H6/c3*1-2-4-3-1;3*1-2-3-1/h3*1-2H,3-4H2;3*1-3H2. The molecule has 0 saturated heterocycles. The summed E-state index contributed by atoms with van der Waals surface area (Å²) >= 11 is 0. The highest BCUT2D eigenvalue weighted by Gasteiger charge is 1.95. The van der Waals surface area contributed by atoms with Crippen LogP contribution in [-0.4, -0.2) is 0 Å². The molecule has 0 amide bonds. The number of hydrogen-bond donors (Lipinski definition) is 0. The third-order valence-electron chi connectivity index (χ3n) is 3.06. The summed E-state index contributed by atoms with van der Waals surface area (Å²) in [5, 5.41) is 0. The van der Waals surface area contributed by atoms with Crippen molar-refractivity contribution in [1.82, 2.24) is 0 Å². The molecule has 6 aliphatic carbocycles. The summed E-state index contributed by atoms with van der Waals surface area (Å²) in [6.45, 7) is 0. The summed E-state index contributed by atoms with van der Waals surface area (Å²) in [6, 6.07) is 0. The third kappa shape index (κ3) is 28.2. The minimum atomic E-state index is 1.32. The molecule has 0 atom stereocenters. The largest absolute Gasteiger partial charge is 0.0882 e. The molecule has 0 bridgehead atoms. The quantitative estimate of drug-likeness (QED) is 0.404. The fourth-order valence-corrected chi connectivity index (χ4v) is 0.500. The van der Waals surface area contributed by atoms with Gasteiger partial charge in [0, 0.05) is 0 Å². The lowest BCUT2D eigenvalue weighted by Crippen LogP contribution is -1.71. The second kappa shape index (κ2) is 15.6. The molecule has 0 nitrogen and oxygen atoms in total. The smallest absolute Gasteiger partial charge is 0.0316 e. The minimum Gasteiger partial charge on any atom is -0.0882 e. The van der Waals surface area contributed by atoms with E-state index in [-0.39, 0.29) is 0 Å². The van der Waals surface area contributed by atoms with Crippen LogP contribution in [0.4, 0.5) is 0 Å². The molecule has 21 heavy (non-hydrogen) atoms. The first-order chi connectivity index (χ1) is 10.5. The van der Waals surface area contributed by atoms with Crippen LogP contribution in [0, 0.1) is 0 Å². The van der Waals surface area contributed by atoms with Crippen molar-refractivity contribution in [3.05, 3.63) is 36.5 Å². The van der Waals surface area contributed by atoms with Crippen LogP contribution in [0.5, 0.6) is 0 Å². The lowest BCUT2D eigenvalue weighted by Gasteiger charge is -1.92. The van der Waals surface area contributed by atoms with E-state index in [0.29, 0.717) is 0 Å². The second-order valence-electron chi connectivity index (χ2n) is 6.33. The van der Waals surface area contributed by atoms with Crippen LogP contribution in [0.2, 0.25) is 0 Å². The van der Waals surface area contributed by atoms with E-state index in [9.17, 15) is 0 Å². The van der Waals surface area contributed by atoms with Gasteiger partial charge in [-0.2, -0.15) is 0 Å². The van der Waals surface area contributed by atoms with E-state index in [0.717, 1.165) is 0 Å². The van der Waals surface area contributed by atoms with Crippen LogP contribution in [0.3, 0.4) is 0 Å². The van der Waals surface area contributed by atoms with Gasteiger partial charge < -0.3 is 0 Å². The first-order valence-electron chi connectivity index (χ1n) is 9.45. The van der Waals surface area contributed by atoms with Gasteiger partial charge in [-0.15, -0.1) is 0 Å². The molecule has 0 unspecified atom stereocenters. The van der Waals surface area contributed by atoms with Gasteiger partial charge in [-0.25, -0.2) is 0 Å². The van der Waals surface area contributed by atoms with Crippen molar-refractivity contribution in [3.8, 4) is 0 Å². The predicted molar refractivity (Wildman–Crippen MR) is 96.7 cm³/mol. The van der Waals surface area contributed by atoms with Gasteiger partial charge in [-0.3, -0.25) is 0 Å². The summed E-state index contributed by atoms with van der Waals surface area (Å²) < 4.78 is 0. The second-order valence-corrected chi connectivity index (χ2v) is 6.33. The van der Waals surface area contributed by atoms with Gasteiger partial charge in [-0.05, 0) is 38.5 Å². The molecule has 0 aromatic rings. The van der Waals surface area contributed by atoms with Gasteiger partial charge in [0.1, 0.15) is 0 Å². The Morgan fingerprint density at radius 3 is 0.333 bits per heavy atom. The molecule has 0 heterocycles. The summed E-state index contributed by atoms with van der Waals surface area (Å²) in [5.41, 5.74) is 0. The lowest BCUT2D eigenvalue weighted by atomic mass is 10.1. The molecule has 0 N–H and O–H groups in total. The minimum absolute atomic E-state index is 1.32. The van der Waals surface area contributed by atoms with Crippen molar-refractivity contribution < 1.29 is 0 Å². The summed E-state index contributed by atoms with van der Waals surface area (Å²) in [7, 11) is 0. The van der Waals surface area contributed by atoms with E-state index in [1.165, 1.54) is 96.3 Å². The zero-order valence-electron chi connectivity index (χ0n) is 14.1. The molecule has 0 aliphatic heterocycles. The normalized spacial score (nSPS) is 21.7. The van der Waals surface area contributed by atoms with Gasteiger partial charge in [0.25, 0.3) is 0 Å². The molecule has 3 fully saturated rings. The van der Waals surface area contributed by atoms with Gasteiger partial charge in [0.15, 0.2) is 0 Å². The Bertz CT molecular complexity index is 203. The van der Waals surface area contributed by atoms with E-state index >= 15 is 0 Å². The molecule has 120 valence electrons. The van der Waals surface area contributed by atoms with Gasteiger partial charge in [0.2, 0.25) is 0 Å². The predicted octanol–water partition coefficient (Wildman–Crippen LogP) is 7.52. The van der Waals surface area contributed by atoms with Crippen LogP contribution < -0.4 is 0 Å². The highest BCUT2D eigenvalue weighted by Crippen LogP contribution is 2.15. The van der Waals surface area contributed by atoms with E-state index in [4.69, 9.17) is 0 Å². The maximum absolute atomic E-state index is 2.18. The summed E-state index contributed by atoms with van der Waals surface area (Å²) in [5.74, 6) is 0. The molecular formula is C21H36. The van der Waals surface area contributed by atoms with Gasteiger partial charge in [-0.1, -0.05) is 94.2 Å². The molecule has 0 aromatic carbocycles.